The van der Waals surface area contributed by atoms with E-state index >= 15 is 0 Å². The van der Waals surface area contributed by atoms with Gasteiger partial charge in [-0.15, -0.1) is 0 Å². The molecule has 0 bridgehead atoms. The zero-order chi connectivity index (χ0) is 14.5. The lowest BCUT2D eigenvalue weighted by Crippen LogP contribution is -2.37. The van der Waals surface area contributed by atoms with Crippen molar-refractivity contribution in [2.75, 3.05) is 12.3 Å². The third-order valence-electron chi connectivity index (χ3n) is 3.05. The van der Waals surface area contributed by atoms with Crippen LogP contribution in [0.15, 0.2) is 36.5 Å². The van der Waals surface area contributed by atoms with E-state index in [-0.39, 0.29) is 18.6 Å². The monoisotopic (exact) mass is 274 g/mol. The zero-order valence-electron chi connectivity index (χ0n) is 11.3. The summed E-state index contributed by atoms with van der Waals surface area (Å²) in [6.45, 7) is 1.80. The zero-order valence-corrected chi connectivity index (χ0v) is 11.3. The fraction of sp³-hybridized carbons (Fsp3) is 0.286. The Bertz CT molecular complexity index is 590. The Kier molecular flexibility index (Phi) is 4.37. The Balaban J connectivity index is 2.17. The molecule has 2 rings (SSSR count). The highest BCUT2D eigenvalue weighted by atomic mass is 16.3. The molecule has 106 valence electrons. The van der Waals surface area contributed by atoms with Crippen molar-refractivity contribution in [1.29, 1.82) is 0 Å². The Morgan fingerprint density at radius 2 is 2.20 bits per heavy atom. The summed E-state index contributed by atoms with van der Waals surface area (Å²) in [5, 5.41) is 16.0. The van der Waals surface area contributed by atoms with Gasteiger partial charge in [0.25, 0.3) is 5.91 Å². The molecule has 1 aromatic heterocycles. The first-order valence-corrected chi connectivity index (χ1v) is 6.48. The number of nitrogens with two attached hydrogens (primary N) is 1. The van der Waals surface area contributed by atoms with Crippen LogP contribution in [-0.4, -0.2) is 33.4 Å². The fourth-order valence-electron chi connectivity index (χ4n) is 1.81. The molecule has 0 aliphatic rings. The molecule has 0 aliphatic carbocycles. The minimum atomic E-state index is -0.306. The van der Waals surface area contributed by atoms with Gasteiger partial charge in [0.1, 0.15) is 0 Å². The average Bonchev–Trinajstić information content (AvgIpc) is 2.94. The molecule has 1 heterocycles. The van der Waals surface area contributed by atoms with E-state index in [2.05, 4.69) is 10.4 Å². The summed E-state index contributed by atoms with van der Waals surface area (Å²) in [4.78, 5) is 12.0. The van der Waals surface area contributed by atoms with Gasteiger partial charge in [-0.3, -0.25) is 4.79 Å². The maximum atomic E-state index is 12.0. The van der Waals surface area contributed by atoms with Gasteiger partial charge in [-0.1, -0.05) is 19.1 Å². The second-order valence-electron chi connectivity index (χ2n) is 4.47. The van der Waals surface area contributed by atoms with E-state index in [1.165, 1.54) is 0 Å². The van der Waals surface area contributed by atoms with Crippen LogP contribution in [0.25, 0.3) is 5.69 Å². The van der Waals surface area contributed by atoms with Gasteiger partial charge >= 0.3 is 0 Å². The molecule has 0 spiro atoms. The summed E-state index contributed by atoms with van der Waals surface area (Å²) < 4.78 is 1.56. The van der Waals surface area contributed by atoms with E-state index in [1.807, 2.05) is 25.1 Å². The van der Waals surface area contributed by atoms with Gasteiger partial charge in [0, 0.05) is 6.20 Å². The molecule has 1 unspecified atom stereocenters. The number of amides is 1. The van der Waals surface area contributed by atoms with Crippen LogP contribution in [0.1, 0.15) is 23.8 Å². The van der Waals surface area contributed by atoms with E-state index in [0.717, 1.165) is 5.69 Å². The second kappa shape index (κ2) is 6.21. The lowest BCUT2D eigenvalue weighted by atomic mass is 10.2. The van der Waals surface area contributed by atoms with Crippen LogP contribution in [0.5, 0.6) is 0 Å². The number of para-hydroxylation sites is 2. The van der Waals surface area contributed by atoms with Gasteiger partial charge in [-0.25, -0.2) is 4.68 Å². The first-order chi connectivity index (χ1) is 9.65. The predicted octanol–water partition coefficient (Wildman–Crippen LogP) is 0.955. The molecule has 0 fully saturated rings. The standard InChI is InChI=1S/C14H18N4O2/c1-2-10(9-19)16-14(20)12-7-8-18(17-12)13-6-4-3-5-11(13)15/h3-8,10,19H,2,9,15H2,1H3,(H,16,20). The van der Waals surface area contributed by atoms with Crippen molar-refractivity contribution in [3.05, 3.63) is 42.2 Å². The summed E-state index contributed by atoms with van der Waals surface area (Å²) >= 11 is 0. The molecule has 1 atom stereocenters. The smallest absolute Gasteiger partial charge is 0.272 e. The highest BCUT2D eigenvalue weighted by Gasteiger charge is 2.14. The first-order valence-electron chi connectivity index (χ1n) is 6.48. The van der Waals surface area contributed by atoms with Gasteiger partial charge in [-0.2, -0.15) is 5.10 Å². The van der Waals surface area contributed by atoms with Gasteiger partial charge < -0.3 is 16.2 Å². The summed E-state index contributed by atoms with van der Waals surface area (Å²) in [6.07, 6.45) is 2.34. The summed E-state index contributed by atoms with van der Waals surface area (Å²) in [7, 11) is 0. The third-order valence-corrected chi connectivity index (χ3v) is 3.05. The first kappa shape index (κ1) is 14.1. The molecule has 0 saturated heterocycles. The van der Waals surface area contributed by atoms with Crippen LogP contribution in [-0.2, 0) is 0 Å². The van der Waals surface area contributed by atoms with Crippen molar-refractivity contribution in [3.63, 3.8) is 0 Å². The van der Waals surface area contributed by atoms with Gasteiger partial charge in [0.05, 0.1) is 24.0 Å². The fourth-order valence-corrected chi connectivity index (χ4v) is 1.81. The molecule has 6 nitrogen and oxygen atoms in total. The molecule has 2 aromatic rings. The maximum absolute atomic E-state index is 12.0. The van der Waals surface area contributed by atoms with E-state index in [0.29, 0.717) is 17.8 Å². The van der Waals surface area contributed by atoms with E-state index in [4.69, 9.17) is 10.8 Å². The predicted molar refractivity (Wildman–Crippen MR) is 76.6 cm³/mol. The van der Waals surface area contributed by atoms with Crippen LogP contribution < -0.4 is 11.1 Å². The van der Waals surface area contributed by atoms with Crippen molar-refractivity contribution in [2.45, 2.75) is 19.4 Å². The van der Waals surface area contributed by atoms with Crippen molar-refractivity contribution < 1.29 is 9.90 Å². The van der Waals surface area contributed by atoms with Gasteiger partial charge in [0.2, 0.25) is 0 Å². The number of nitrogens with one attached hydrogen (secondary N) is 1. The molecule has 20 heavy (non-hydrogen) atoms. The van der Waals surface area contributed by atoms with Crippen molar-refractivity contribution in [3.8, 4) is 5.69 Å². The summed E-state index contributed by atoms with van der Waals surface area (Å²) in [5.41, 5.74) is 7.47. The van der Waals surface area contributed by atoms with E-state index in [1.54, 1.807) is 23.0 Å². The molecular formula is C14H18N4O2. The molecule has 0 aliphatic heterocycles. The topological polar surface area (TPSA) is 93.2 Å². The van der Waals surface area contributed by atoms with Crippen LogP contribution in [0, 0.1) is 0 Å². The minimum absolute atomic E-state index is 0.0887. The lowest BCUT2D eigenvalue weighted by molar-refractivity contribution is 0.0909. The lowest BCUT2D eigenvalue weighted by Gasteiger charge is -2.12. The highest BCUT2D eigenvalue weighted by Crippen LogP contribution is 2.15. The largest absolute Gasteiger partial charge is 0.397 e. The number of carbonyl (C=O) groups is 1. The minimum Gasteiger partial charge on any atom is -0.397 e. The Hall–Kier alpha value is -2.34. The number of carbonyl (C=O) groups excluding carboxylic acids is 1. The Labute approximate surface area is 117 Å². The number of nitrogens with zero attached hydrogens (tertiary/aromatic N) is 2. The highest BCUT2D eigenvalue weighted by molar-refractivity contribution is 5.92. The number of aliphatic hydroxyl groups excluding tert-OH is 1. The van der Waals surface area contributed by atoms with Crippen LogP contribution in [0.4, 0.5) is 5.69 Å². The Morgan fingerprint density at radius 3 is 2.85 bits per heavy atom. The van der Waals surface area contributed by atoms with E-state index in [9.17, 15) is 4.79 Å². The SMILES string of the molecule is CCC(CO)NC(=O)c1ccn(-c2ccccc2N)n1. The molecule has 6 heteroatoms. The van der Waals surface area contributed by atoms with Crippen LogP contribution in [0.2, 0.25) is 0 Å². The molecule has 0 radical (unpaired) electrons. The van der Waals surface area contributed by atoms with Gasteiger partial charge in [-0.05, 0) is 24.6 Å². The van der Waals surface area contributed by atoms with Crippen molar-refractivity contribution in [1.82, 2.24) is 15.1 Å². The average molecular weight is 274 g/mol. The number of hydrogen-bond acceptors (Lipinski definition) is 4. The van der Waals surface area contributed by atoms with Crippen molar-refractivity contribution >= 4 is 11.6 Å². The molecule has 1 aromatic carbocycles. The number of rotatable bonds is 5. The summed E-state index contributed by atoms with van der Waals surface area (Å²) in [5.74, 6) is -0.306. The number of hydrogen-bond donors (Lipinski definition) is 3. The quantitative estimate of drug-likeness (QED) is 0.708. The molecule has 4 N–H and O–H groups in total. The molecular weight excluding hydrogens is 256 g/mol. The number of anilines is 1. The maximum Gasteiger partial charge on any atom is 0.272 e. The molecule has 0 saturated carbocycles. The van der Waals surface area contributed by atoms with Crippen molar-refractivity contribution in [2.24, 2.45) is 0 Å². The second-order valence-corrected chi connectivity index (χ2v) is 4.47. The molecule has 1 amide bonds. The number of aliphatic hydroxyl groups is 1. The number of aromatic nitrogens is 2. The number of nitrogen functional groups attached to an aromatic ring is 1. The van der Waals surface area contributed by atoms with Crippen LogP contribution in [0.3, 0.4) is 0 Å². The summed E-state index contributed by atoms with van der Waals surface area (Å²) in [6, 6.07) is 8.65. The number of benzene rings is 1. The normalized spacial score (nSPS) is 12.1. The Morgan fingerprint density at radius 1 is 1.45 bits per heavy atom. The third kappa shape index (κ3) is 2.97. The van der Waals surface area contributed by atoms with Gasteiger partial charge in [0.15, 0.2) is 5.69 Å². The van der Waals surface area contributed by atoms with E-state index < -0.39 is 0 Å². The van der Waals surface area contributed by atoms with Crippen LogP contribution >= 0.6 is 0 Å².